The van der Waals surface area contributed by atoms with Gasteiger partial charge in [-0.25, -0.2) is 15.0 Å². The average molecular weight is 337 g/mol. The Bertz CT molecular complexity index is 890. The summed E-state index contributed by atoms with van der Waals surface area (Å²) in [5.41, 5.74) is 1.43. The topological polar surface area (TPSA) is 84.2 Å². The molecule has 128 valence electrons. The maximum Gasteiger partial charge on any atom is 0.239 e. The number of rotatable bonds is 5. The Kier molecular flexibility index (Phi) is 4.15. The van der Waals surface area contributed by atoms with Crippen LogP contribution in [0.5, 0.6) is 0 Å². The van der Waals surface area contributed by atoms with Crippen LogP contribution in [0.2, 0.25) is 0 Å². The molecule has 1 N–H and O–H groups in total. The van der Waals surface area contributed by atoms with Crippen LogP contribution >= 0.6 is 0 Å². The third-order valence-electron chi connectivity index (χ3n) is 4.62. The quantitative estimate of drug-likeness (QED) is 0.770. The standard InChI is InChI=1S/C18H19N5O2/c1-23(13-3-2-4-13)10-18(24)22-17-7-15-12(8-20-17)5-6-14(21-15)16-9-19-11-25-16/h5-9,11,13H,2-4,10H2,1H3,(H,20,22,24). The molecule has 7 heteroatoms. The first-order valence-electron chi connectivity index (χ1n) is 8.35. The maximum atomic E-state index is 12.2. The number of carbonyl (C=O) groups is 1. The van der Waals surface area contributed by atoms with Crippen LogP contribution in [0.3, 0.4) is 0 Å². The van der Waals surface area contributed by atoms with Crippen molar-refractivity contribution in [1.82, 2.24) is 19.9 Å². The molecule has 0 aromatic carbocycles. The van der Waals surface area contributed by atoms with Gasteiger partial charge in [-0.05, 0) is 32.0 Å². The van der Waals surface area contributed by atoms with Gasteiger partial charge in [-0.2, -0.15) is 0 Å². The van der Waals surface area contributed by atoms with Crippen LogP contribution in [0.4, 0.5) is 5.82 Å². The number of amides is 1. The molecule has 0 bridgehead atoms. The molecule has 3 aromatic heterocycles. The molecular formula is C18H19N5O2. The van der Waals surface area contributed by atoms with E-state index in [4.69, 9.17) is 4.42 Å². The molecule has 0 aliphatic heterocycles. The van der Waals surface area contributed by atoms with Crippen molar-refractivity contribution < 1.29 is 9.21 Å². The Morgan fingerprint density at radius 2 is 2.24 bits per heavy atom. The highest BCUT2D eigenvalue weighted by molar-refractivity contribution is 5.93. The van der Waals surface area contributed by atoms with Crippen molar-refractivity contribution >= 4 is 22.6 Å². The Morgan fingerprint density at radius 1 is 1.36 bits per heavy atom. The normalized spacial score (nSPS) is 14.6. The number of oxazole rings is 1. The highest BCUT2D eigenvalue weighted by Crippen LogP contribution is 2.24. The lowest BCUT2D eigenvalue weighted by Gasteiger charge is -2.34. The van der Waals surface area contributed by atoms with Crippen molar-refractivity contribution in [2.24, 2.45) is 0 Å². The van der Waals surface area contributed by atoms with E-state index in [2.05, 4.69) is 25.2 Å². The average Bonchev–Trinajstić information content (AvgIpc) is 3.06. The van der Waals surface area contributed by atoms with Crippen LogP contribution < -0.4 is 5.32 Å². The van der Waals surface area contributed by atoms with Crippen molar-refractivity contribution in [2.45, 2.75) is 25.3 Å². The van der Waals surface area contributed by atoms with Gasteiger partial charge in [0.05, 0.1) is 18.3 Å². The summed E-state index contributed by atoms with van der Waals surface area (Å²) in [5, 5.41) is 3.75. The number of nitrogens with zero attached hydrogens (tertiary/aromatic N) is 4. The van der Waals surface area contributed by atoms with Gasteiger partial charge in [0.25, 0.3) is 0 Å². The molecule has 4 rings (SSSR count). The summed E-state index contributed by atoms with van der Waals surface area (Å²) in [6, 6.07) is 6.08. The third kappa shape index (κ3) is 3.36. The van der Waals surface area contributed by atoms with E-state index in [1.165, 1.54) is 25.7 Å². The Balaban J connectivity index is 1.50. The summed E-state index contributed by atoms with van der Waals surface area (Å²) >= 11 is 0. The van der Waals surface area contributed by atoms with E-state index in [1.54, 1.807) is 18.5 Å². The van der Waals surface area contributed by atoms with E-state index in [-0.39, 0.29) is 5.91 Å². The molecule has 1 fully saturated rings. The molecule has 1 saturated carbocycles. The van der Waals surface area contributed by atoms with Crippen LogP contribution in [0.1, 0.15) is 19.3 Å². The second-order valence-electron chi connectivity index (χ2n) is 6.37. The van der Waals surface area contributed by atoms with Gasteiger partial charge in [-0.15, -0.1) is 0 Å². The number of fused-ring (bicyclic) bond motifs is 1. The fraction of sp³-hybridized carbons (Fsp3) is 0.333. The Morgan fingerprint density at radius 3 is 2.96 bits per heavy atom. The van der Waals surface area contributed by atoms with Crippen molar-refractivity contribution in [2.75, 3.05) is 18.9 Å². The zero-order valence-corrected chi connectivity index (χ0v) is 14.0. The minimum absolute atomic E-state index is 0.0624. The monoisotopic (exact) mass is 337 g/mol. The Hall–Kier alpha value is -2.80. The molecule has 3 aromatic rings. The van der Waals surface area contributed by atoms with E-state index >= 15 is 0 Å². The molecule has 7 nitrogen and oxygen atoms in total. The number of hydrogen-bond donors (Lipinski definition) is 1. The molecule has 0 radical (unpaired) electrons. The second-order valence-corrected chi connectivity index (χ2v) is 6.37. The van der Waals surface area contributed by atoms with Gasteiger partial charge in [-0.3, -0.25) is 9.69 Å². The number of hydrogen-bond acceptors (Lipinski definition) is 6. The summed E-state index contributed by atoms with van der Waals surface area (Å²) in [6.45, 7) is 0.371. The zero-order valence-electron chi connectivity index (χ0n) is 14.0. The van der Waals surface area contributed by atoms with Crippen LogP contribution in [0, 0.1) is 0 Å². The van der Waals surface area contributed by atoms with Crippen LogP contribution in [-0.2, 0) is 4.79 Å². The van der Waals surface area contributed by atoms with E-state index in [9.17, 15) is 4.79 Å². The molecule has 0 atom stereocenters. The molecule has 0 unspecified atom stereocenters. The predicted molar refractivity (Wildman–Crippen MR) is 93.9 cm³/mol. The highest BCUT2D eigenvalue weighted by Gasteiger charge is 2.23. The van der Waals surface area contributed by atoms with E-state index in [0.29, 0.717) is 29.9 Å². The molecule has 3 heterocycles. The van der Waals surface area contributed by atoms with E-state index < -0.39 is 0 Å². The highest BCUT2D eigenvalue weighted by atomic mass is 16.3. The van der Waals surface area contributed by atoms with E-state index in [0.717, 1.165) is 10.9 Å². The van der Waals surface area contributed by atoms with E-state index in [1.807, 2.05) is 19.2 Å². The van der Waals surface area contributed by atoms with Gasteiger partial charge in [-0.1, -0.05) is 6.42 Å². The first kappa shape index (κ1) is 15.7. The van der Waals surface area contributed by atoms with Gasteiger partial charge in [0.2, 0.25) is 5.91 Å². The summed E-state index contributed by atoms with van der Waals surface area (Å²) in [6.07, 6.45) is 8.30. The Labute approximate surface area is 145 Å². The van der Waals surface area contributed by atoms with Gasteiger partial charge < -0.3 is 9.73 Å². The summed E-state index contributed by atoms with van der Waals surface area (Å²) in [5.74, 6) is 1.04. The minimum atomic E-state index is -0.0624. The number of anilines is 1. The van der Waals surface area contributed by atoms with Gasteiger partial charge in [0.1, 0.15) is 11.5 Å². The zero-order chi connectivity index (χ0) is 17.2. The van der Waals surface area contributed by atoms with Crippen molar-refractivity contribution in [3.63, 3.8) is 0 Å². The molecule has 1 amide bonds. The summed E-state index contributed by atoms with van der Waals surface area (Å²) in [7, 11) is 1.99. The lowest BCUT2D eigenvalue weighted by molar-refractivity contribution is -0.117. The first-order chi connectivity index (χ1) is 12.2. The fourth-order valence-corrected chi connectivity index (χ4v) is 2.93. The minimum Gasteiger partial charge on any atom is -0.442 e. The number of pyridine rings is 2. The van der Waals surface area contributed by atoms with Crippen LogP contribution in [0.25, 0.3) is 22.4 Å². The SMILES string of the molecule is CN(CC(=O)Nc1cc2nc(-c3cnco3)ccc2cn1)C1CCC1. The molecule has 0 spiro atoms. The largest absolute Gasteiger partial charge is 0.442 e. The first-order valence-corrected chi connectivity index (χ1v) is 8.35. The van der Waals surface area contributed by atoms with Crippen molar-refractivity contribution in [1.29, 1.82) is 0 Å². The lowest BCUT2D eigenvalue weighted by Crippen LogP contribution is -2.41. The van der Waals surface area contributed by atoms with Crippen molar-refractivity contribution in [3.8, 4) is 11.5 Å². The van der Waals surface area contributed by atoms with Crippen LogP contribution in [0.15, 0.2) is 41.4 Å². The van der Waals surface area contributed by atoms with Gasteiger partial charge in [0.15, 0.2) is 12.2 Å². The van der Waals surface area contributed by atoms with Crippen molar-refractivity contribution in [3.05, 3.63) is 37.0 Å². The molecule has 1 aliphatic carbocycles. The number of aromatic nitrogens is 3. The van der Waals surface area contributed by atoms with Crippen LogP contribution in [-0.4, -0.2) is 45.4 Å². The smallest absolute Gasteiger partial charge is 0.239 e. The number of likely N-dealkylation sites (N-methyl/N-ethyl adjacent to an activating group) is 1. The lowest BCUT2D eigenvalue weighted by atomic mass is 9.92. The molecule has 1 aliphatic rings. The van der Waals surface area contributed by atoms with Gasteiger partial charge in [0, 0.05) is 23.7 Å². The number of carbonyl (C=O) groups excluding carboxylic acids is 1. The summed E-state index contributed by atoms with van der Waals surface area (Å²) in [4.78, 5) is 27.1. The maximum absolute atomic E-state index is 12.2. The third-order valence-corrected chi connectivity index (χ3v) is 4.62. The molecule has 0 saturated heterocycles. The summed E-state index contributed by atoms with van der Waals surface area (Å²) < 4.78 is 5.28. The fourth-order valence-electron chi connectivity index (χ4n) is 2.93. The van der Waals surface area contributed by atoms with Gasteiger partial charge >= 0.3 is 0 Å². The molecule has 25 heavy (non-hydrogen) atoms. The predicted octanol–water partition coefficient (Wildman–Crippen LogP) is 2.71. The molecular weight excluding hydrogens is 318 g/mol. The number of nitrogens with one attached hydrogen (secondary N) is 1. The second kappa shape index (κ2) is 6.60.